The second-order valence-corrected chi connectivity index (χ2v) is 6.14. The molecule has 0 aliphatic heterocycles. The summed E-state index contributed by atoms with van der Waals surface area (Å²) in [5.74, 6) is -0.171. The SMILES string of the molecule is C=CC12CCC(=O)[C@@H]1[C@](C)(C(=O)CO)[C@H](C)CC2. The van der Waals surface area contributed by atoms with Gasteiger partial charge in [-0.2, -0.15) is 0 Å². The molecule has 100 valence electrons. The molecule has 0 spiro atoms. The Morgan fingerprint density at radius 2 is 2.22 bits per heavy atom. The summed E-state index contributed by atoms with van der Waals surface area (Å²) in [6.45, 7) is 7.31. The predicted molar refractivity (Wildman–Crippen MR) is 69.0 cm³/mol. The average molecular weight is 250 g/mol. The highest BCUT2D eigenvalue weighted by atomic mass is 16.3. The summed E-state index contributed by atoms with van der Waals surface area (Å²) in [5, 5.41) is 9.25. The standard InChI is InChI=1S/C15H22O3/c1-4-15-7-5-10(2)14(3,12(18)9-16)13(15)11(17)6-8-15/h4,10,13,16H,1,5-9H2,2-3H3/t10-,13-,14+,15?/m1/s1. The Morgan fingerprint density at radius 1 is 1.56 bits per heavy atom. The first kappa shape index (κ1) is 13.5. The van der Waals surface area contributed by atoms with Crippen molar-refractivity contribution in [1.82, 2.24) is 0 Å². The Kier molecular flexibility index (Phi) is 3.22. The molecule has 0 amide bonds. The molecule has 0 bridgehead atoms. The van der Waals surface area contributed by atoms with Crippen molar-refractivity contribution < 1.29 is 14.7 Å². The Balaban J connectivity index is 2.52. The van der Waals surface area contributed by atoms with Gasteiger partial charge in [0.25, 0.3) is 0 Å². The van der Waals surface area contributed by atoms with Gasteiger partial charge in [0.1, 0.15) is 12.4 Å². The summed E-state index contributed by atoms with van der Waals surface area (Å²) in [5.41, 5.74) is -0.946. The van der Waals surface area contributed by atoms with Crippen molar-refractivity contribution in [2.75, 3.05) is 6.61 Å². The van der Waals surface area contributed by atoms with E-state index >= 15 is 0 Å². The molecular weight excluding hydrogens is 228 g/mol. The zero-order chi connectivity index (χ0) is 13.6. The van der Waals surface area contributed by atoms with E-state index in [1.165, 1.54) is 0 Å². The Bertz CT molecular complexity index is 401. The van der Waals surface area contributed by atoms with Crippen LogP contribution in [0.25, 0.3) is 0 Å². The zero-order valence-electron chi connectivity index (χ0n) is 11.2. The number of fused-ring (bicyclic) bond motifs is 1. The van der Waals surface area contributed by atoms with Crippen LogP contribution in [0.2, 0.25) is 0 Å². The molecule has 2 fully saturated rings. The van der Waals surface area contributed by atoms with E-state index in [9.17, 15) is 14.7 Å². The lowest BCUT2D eigenvalue weighted by molar-refractivity contribution is -0.150. The van der Waals surface area contributed by atoms with Crippen molar-refractivity contribution in [2.45, 2.75) is 39.5 Å². The molecule has 3 heteroatoms. The highest BCUT2D eigenvalue weighted by Crippen LogP contribution is 2.60. The molecular formula is C15H22O3. The Morgan fingerprint density at radius 3 is 2.78 bits per heavy atom. The molecule has 0 heterocycles. The maximum absolute atomic E-state index is 12.3. The van der Waals surface area contributed by atoms with Crippen LogP contribution in [0.3, 0.4) is 0 Å². The van der Waals surface area contributed by atoms with Crippen molar-refractivity contribution in [3.05, 3.63) is 12.7 Å². The maximum Gasteiger partial charge on any atom is 0.165 e. The molecule has 1 N–H and O–H groups in total. The van der Waals surface area contributed by atoms with Crippen LogP contribution in [0.15, 0.2) is 12.7 Å². The molecule has 18 heavy (non-hydrogen) atoms. The third-order valence-electron chi connectivity index (χ3n) is 5.55. The molecule has 0 aromatic heterocycles. The number of Topliss-reactive ketones (excluding diaryl/α,β-unsaturated/α-hetero) is 2. The van der Waals surface area contributed by atoms with Gasteiger partial charge >= 0.3 is 0 Å². The van der Waals surface area contributed by atoms with Crippen LogP contribution in [-0.4, -0.2) is 23.3 Å². The maximum atomic E-state index is 12.3. The summed E-state index contributed by atoms with van der Waals surface area (Å²) >= 11 is 0. The van der Waals surface area contributed by atoms with Gasteiger partial charge < -0.3 is 5.11 Å². The molecule has 0 saturated heterocycles. The number of carbonyl (C=O) groups is 2. The fourth-order valence-corrected chi connectivity index (χ4v) is 4.16. The van der Waals surface area contributed by atoms with Gasteiger partial charge in [0.2, 0.25) is 0 Å². The van der Waals surface area contributed by atoms with Crippen LogP contribution in [-0.2, 0) is 9.59 Å². The summed E-state index contributed by atoms with van der Waals surface area (Å²) in [4.78, 5) is 24.5. The summed E-state index contributed by atoms with van der Waals surface area (Å²) in [6.07, 6.45) is 5.08. The monoisotopic (exact) mass is 250 g/mol. The van der Waals surface area contributed by atoms with E-state index in [1.54, 1.807) is 0 Å². The van der Waals surface area contributed by atoms with Crippen molar-refractivity contribution in [3.8, 4) is 0 Å². The molecule has 4 atom stereocenters. The summed E-state index contributed by atoms with van der Waals surface area (Å²) in [6, 6.07) is 0. The van der Waals surface area contributed by atoms with Gasteiger partial charge in [-0.3, -0.25) is 9.59 Å². The van der Waals surface area contributed by atoms with E-state index in [4.69, 9.17) is 0 Å². The summed E-state index contributed by atoms with van der Waals surface area (Å²) in [7, 11) is 0. The largest absolute Gasteiger partial charge is 0.389 e. The molecule has 2 rings (SSSR count). The lowest BCUT2D eigenvalue weighted by Crippen LogP contribution is -2.53. The third-order valence-corrected chi connectivity index (χ3v) is 5.55. The zero-order valence-corrected chi connectivity index (χ0v) is 11.2. The molecule has 0 aromatic rings. The molecule has 1 unspecified atom stereocenters. The Labute approximate surface area is 108 Å². The minimum Gasteiger partial charge on any atom is -0.389 e. The van der Waals surface area contributed by atoms with Crippen LogP contribution in [0.4, 0.5) is 0 Å². The van der Waals surface area contributed by atoms with Gasteiger partial charge in [-0.25, -0.2) is 0 Å². The molecule has 3 nitrogen and oxygen atoms in total. The third kappa shape index (κ3) is 1.53. The van der Waals surface area contributed by atoms with Crippen LogP contribution >= 0.6 is 0 Å². The highest BCUT2D eigenvalue weighted by Gasteiger charge is 2.61. The van der Waals surface area contributed by atoms with Gasteiger partial charge in [-0.05, 0) is 30.6 Å². The number of aliphatic hydroxyl groups excluding tert-OH is 1. The molecule has 0 aromatic carbocycles. The number of ketones is 2. The molecule has 2 saturated carbocycles. The normalized spacial score (nSPS) is 43.6. The molecule has 0 radical (unpaired) electrons. The van der Waals surface area contributed by atoms with E-state index in [0.29, 0.717) is 6.42 Å². The first-order valence-corrected chi connectivity index (χ1v) is 6.73. The number of rotatable bonds is 3. The van der Waals surface area contributed by atoms with E-state index in [1.807, 2.05) is 19.9 Å². The molecule has 2 aliphatic rings. The fraction of sp³-hybridized carbons (Fsp3) is 0.733. The summed E-state index contributed by atoms with van der Waals surface area (Å²) < 4.78 is 0. The fourth-order valence-electron chi connectivity index (χ4n) is 4.16. The van der Waals surface area contributed by atoms with E-state index in [0.717, 1.165) is 19.3 Å². The molecule has 2 aliphatic carbocycles. The second-order valence-electron chi connectivity index (χ2n) is 6.14. The van der Waals surface area contributed by atoms with E-state index < -0.39 is 12.0 Å². The quantitative estimate of drug-likeness (QED) is 0.781. The first-order valence-electron chi connectivity index (χ1n) is 6.73. The van der Waals surface area contributed by atoms with Crippen molar-refractivity contribution in [2.24, 2.45) is 22.7 Å². The van der Waals surface area contributed by atoms with Crippen LogP contribution in [0.5, 0.6) is 0 Å². The van der Waals surface area contributed by atoms with Gasteiger partial charge in [-0.15, -0.1) is 6.58 Å². The minimum absolute atomic E-state index is 0.136. The number of carbonyl (C=O) groups excluding carboxylic acids is 2. The lowest BCUT2D eigenvalue weighted by atomic mass is 9.51. The van der Waals surface area contributed by atoms with Crippen molar-refractivity contribution in [3.63, 3.8) is 0 Å². The van der Waals surface area contributed by atoms with E-state index in [-0.39, 0.29) is 28.8 Å². The van der Waals surface area contributed by atoms with Gasteiger partial charge in [0.05, 0.1) is 0 Å². The second kappa shape index (κ2) is 4.30. The van der Waals surface area contributed by atoms with E-state index in [2.05, 4.69) is 6.58 Å². The van der Waals surface area contributed by atoms with Gasteiger partial charge in [0.15, 0.2) is 5.78 Å². The van der Waals surface area contributed by atoms with Crippen LogP contribution in [0, 0.1) is 22.7 Å². The number of hydrogen-bond donors (Lipinski definition) is 1. The van der Waals surface area contributed by atoms with Crippen molar-refractivity contribution >= 4 is 11.6 Å². The number of allylic oxidation sites excluding steroid dienone is 1. The first-order chi connectivity index (χ1) is 8.42. The number of hydrogen-bond acceptors (Lipinski definition) is 3. The van der Waals surface area contributed by atoms with Gasteiger partial charge in [0, 0.05) is 17.8 Å². The topological polar surface area (TPSA) is 54.4 Å². The number of aliphatic hydroxyl groups is 1. The Hall–Kier alpha value is -0.960. The van der Waals surface area contributed by atoms with Crippen LogP contribution in [0.1, 0.15) is 39.5 Å². The predicted octanol–water partition coefficient (Wildman–Crippen LogP) is 2.14. The minimum atomic E-state index is -0.727. The average Bonchev–Trinajstić information content (AvgIpc) is 2.72. The highest BCUT2D eigenvalue weighted by molar-refractivity contribution is 5.95. The van der Waals surface area contributed by atoms with Crippen molar-refractivity contribution in [1.29, 1.82) is 0 Å². The van der Waals surface area contributed by atoms with Crippen LogP contribution < -0.4 is 0 Å². The smallest absolute Gasteiger partial charge is 0.165 e. The van der Waals surface area contributed by atoms with Gasteiger partial charge in [-0.1, -0.05) is 19.9 Å². The lowest BCUT2D eigenvalue weighted by Gasteiger charge is -2.50.